The fraction of sp³-hybridized carbons (Fsp3) is 0.0833. The molecule has 0 spiro atoms. The third-order valence-electron chi connectivity index (χ3n) is 2.38. The molecule has 0 saturated heterocycles. The van der Waals surface area contributed by atoms with Gasteiger partial charge in [-0.15, -0.1) is 0 Å². The van der Waals surface area contributed by atoms with E-state index in [0.717, 1.165) is 28.8 Å². The second-order valence-electron chi connectivity index (χ2n) is 3.40. The highest BCUT2D eigenvalue weighted by Gasteiger charge is 2.06. The van der Waals surface area contributed by atoms with Gasteiger partial charge in [0.15, 0.2) is 0 Å². The molecule has 0 amide bonds. The van der Waals surface area contributed by atoms with Crippen molar-refractivity contribution < 1.29 is 4.39 Å². The highest BCUT2D eigenvalue weighted by atomic mass is 32.2. The zero-order chi connectivity index (χ0) is 11.5. The Morgan fingerprint density at radius 2 is 2.12 bits per heavy atom. The van der Waals surface area contributed by atoms with Crippen molar-refractivity contribution in [2.75, 3.05) is 0 Å². The number of hydrogen-bond acceptors (Lipinski definition) is 3. The van der Waals surface area contributed by atoms with E-state index in [0.29, 0.717) is 4.90 Å². The van der Waals surface area contributed by atoms with E-state index in [1.165, 1.54) is 6.07 Å². The van der Waals surface area contributed by atoms with Gasteiger partial charge < -0.3 is 0 Å². The molecule has 16 heavy (non-hydrogen) atoms. The number of nitrogens with zero attached hydrogens (tertiary/aromatic N) is 1. The predicted octanol–water partition coefficient (Wildman–Crippen LogP) is 3.16. The zero-order valence-electron chi connectivity index (χ0n) is 8.77. The maximum Gasteiger partial charge on any atom is 0.138 e. The van der Waals surface area contributed by atoms with Gasteiger partial charge in [0.1, 0.15) is 5.82 Å². The number of benzene rings is 1. The molecule has 0 fully saturated rings. The first-order chi connectivity index (χ1) is 7.72. The fourth-order valence-electron chi connectivity index (χ4n) is 1.55. The maximum atomic E-state index is 13.3. The van der Waals surface area contributed by atoms with Crippen LogP contribution >= 0.6 is 11.9 Å². The van der Waals surface area contributed by atoms with Crippen LogP contribution in [0.2, 0.25) is 0 Å². The first-order valence-corrected chi connectivity index (χ1v) is 5.68. The normalized spacial score (nSPS) is 10.4. The molecular weight excluding hydrogens is 223 g/mol. The molecule has 2 rings (SSSR count). The summed E-state index contributed by atoms with van der Waals surface area (Å²) in [6.07, 6.45) is 1.74. The monoisotopic (exact) mass is 234 g/mol. The highest BCUT2D eigenvalue weighted by Crippen LogP contribution is 2.27. The Bertz CT molecular complexity index is 514. The van der Waals surface area contributed by atoms with Crippen LogP contribution in [0.4, 0.5) is 4.39 Å². The molecule has 2 aromatic rings. The number of halogens is 1. The molecular formula is C12H11FN2S. The third kappa shape index (κ3) is 2.08. The second-order valence-corrected chi connectivity index (χ2v) is 4.07. The number of rotatable bonds is 2. The minimum atomic E-state index is -0.294. The van der Waals surface area contributed by atoms with Gasteiger partial charge in [0.2, 0.25) is 0 Å². The van der Waals surface area contributed by atoms with Crippen LogP contribution in [0, 0.1) is 12.7 Å². The molecule has 1 heterocycles. The first kappa shape index (κ1) is 11.1. The predicted molar refractivity (Wildman–Crippen MR) is 64.4 cm³/mol. The van der Waals surface area contributed by atoms with E-state index in [1.807, 2.05) is 19.1 Å². The minimum absolute atomic E-state index is 0.294. The number of hydrogen-bond donors (Lipinski definition) is 1. The summed E-state index contributed by atoms with van der Waals surface area (Å²) >= 11 is 0.915. The Balaban J connectivity index is 2.53. The Hall–Kier alpha value is -1.39. The van der Waals surface area contributed by atoms with Crippen LogP contribution in [0.5, 0.6) is 0 Å². The molecule has 0 radical (unpaired) electrons. The van der Waals surface area contributed by atoms with Gasteiger partial charge in [0.05, 0.1) is 4.90 Å². The van der Waals surface area contributed by atoms with Gasteiger partial charge in [-0.1, -0.05) is 12.1 Å². The van der Waals surface area contributed by atoms with Gasteiger partial charge in [-0.25, -0.2) is 4.39 Å². The maximum absolute atomic E-state index is 13.3. The van der Waals surface area contributed by atoms with Gasteiger partial charge >= 0.3 is 0 Å². The van der Waals surface area contributed by atoms with Gasteiger partial charge in [0.25, 0.3) is 0 Å². The smallest absolute Gasteiger partial charge is 0.138 e. The molecule has 0 unspecified atom stereocenters. The second kappa shape index (κ2) is 4.63. The van der Waals surface area contributed by atoms with Crippen molar-refractivity contribution in [2.45, 2.75) is 11.8 Å². The summed E-state index contributed by atoms with van der Waals surface area (Å²) in [5, 5.41) is 5.40. The number of aryl methyl sites for hydroxylation is 1. The first-order valence-electron chi connectivity index (χ1n) is 4.80. The molecule has 4 heteroatoms. The molecule has 0 saturated carbocycles. The van der Waals surface area contributed by atoms with E-state index >= 15 is 0 Å². The number of aromatic nitrogens is 1. The van der Waals surface area contributed by atoms with E-state index in [2.05, 4.69) is 4.98 Å². The topological polar surface area (TPSA) is 38.9 Å². The molecule has 0 aliphatic carbocycles. The average Bonchev–Trinajstić information content (AvgIpc) is 2.31. The molecule has 0 atom stereocenters. The van der Waals surface area contributed by atoms with Gasteiger partial charge in [-0.05, 0) is 42.6 Å². The van der Waals surface area contributed by atoms with E-state index < -0.39 is 0 Å². The van der Waals surface area contributed by atoms with Gasteiger partial charge in [-0.3, -0.25) is 10.1 Å². The lowest BCUT2D eigenvalue weighted by molar-refractivity contribution is 0.602. The largest absolute Gasteiger partial charge is 0.274 e. The van der Waals surface area contributed by atoms with Crippen LogP contribution < -0.4 is 5.14 Å². The molecule has 0 aliphatic heterocycles. The summed E-state index contributed by atoms with van der Waals surface area (Å²) in [7, 11) is 0. The van der Waals surface area contributed by atoms with Crippen LogP contribution in [0.25, 0.3) is 11.1 Å². The fourth-order valence-corrected chi connectivity index (χ4v) is 1.93. The Kier molecular flexibility index (Phi) is 3.22. The molecule has 0 bridgehead atoms. The molecule has 82 valence electrons. The van der Waals surface area contributed by atoms with Crippen LogP contribution in [0.3, 0.4) is 0 Å². The third-order valence-corrected chi connectivity index (χ3v) is 2.94. The lowest BCUT2D eigenvalue weighted by Crippen LogP contribution is -1.90. The van der Waals surface area contributed by atoms with Crippen molar-refractivity contribution in [2.24, 2.45) is 5.14 Å². The van der Waals surface area contributed by atoms with Crippen LogP contribution in [0.15, 0.2) is 41.4 Å². The van der Waals surface area contributed by atoms with E-state index in [-0.39, 0.29) is 5.82 Å². The van der Waals surface area contributed by atoms with Crippen molar-refractivity contribution in [1.82, 2.24) is 4.98 Å². The van der Waals surface area contributed by atoms with Gasteiger partial charge in [0, 0.05) is 17.5 Å². The lowest BCUT2D eigenvalue weighted by Gasteiger charge is -2.06. The molecule has 2 N–H and O–H groups in total. The van der Waals surface area contributed by atoms with Crippen molar-refractivity contribution in [1.29, 1.82) is 0 Å². The highest BCUT2D eigenvalue weighted by molar-refractivity contribution is 7.97. The van der Waals surface area contributed by atoms with Crippen molar-refractivity contribution in [3.8, 4) is 11.1 Å². The lowest BCUT2D eigenvalue weighted by atomic mass is 10.0. The Labute approximate surface area is 97.8 Å². The van der Waals surface area contributed by atoms with E-state index in [1.54, 1.807) is 18.3 Å². The SMILES string of the molecule is Cc1ncccc1-c1ccc(F)c(SN)c1. The summed E-state index contributed by atoms with van der Waals surface area (Å²) in [4.78, 5) is 4.65. The zero-order valence-corrected chi connectivity index (χ0v) is 9.59. The van der Waals surface area contributed by atoms with Crippen molar-refractivity contribution in [3.05, 3.63) is 48.0 Å². The van der Waals surface area contributed by atoms with E-state index in [4.69, 9.17) is 5.14 Å². The molecule has 1 aromatic heterocycles. The summed E-state index contributed by atoms with van der Waals surface area (Å²) < 4.78 is 13.3. The Morgan fingerprint density at radius 1 is 1.31 bits per heavy atom. The summed E-state index contributed by atoms with van der Waals surface area (Å²) in [5.41, 5.74) is 2.85. The average molecular weight is 234 g/mol. The quantitative estimate of drug-likeness (QED) is 0.811. The summed E-state index contributed by atoms with van der Waals surface area (Å²) in [5.74, 6) is -0.294. The Morgan fingerprint density at radius 3 is 2.81 bits per heavy atom. The van der Waals surface area contributed by atoms with E-state index in [9.17, 15) is 4.39 Å². The summed E-state index contributed by atoms with van der Waals surface area (Å²) in [6, 6.07) is 8.72. The summed E-state index contributed by atoms with van der Waals surface area (Å²) in [6.45, 7) is 1.92. The molecule has 0 aliphatic rings. The van der Waals surface area contributed by atoms with Crippen LogP contribution in [0.1, 0.15) is 5.69 Å². The number of nitrogens with two attached hydrogens (primary N) is 1. The van der Waals surface area contributed by atoms with Crippen LogP contribution in [-0.2, 0) is 0 Å². The number of pyridine rings is 1. The van der Waals surface area contributed by atoms with Gasteiger partial charge in [-0.2, -0.15) is 0 Å². The molecule has 2 nitrogen and oxygen atoms in total. The van der Waals surface area contributed by atoms with Crippen molar-refractivity contribution in [3.63, 3.8) is 0 Å². The standard InChI is InChI=1S/C12H11FN2S/c1-8-10(3-2-6-15-8)9-4-5-11(13)12(7-9)16-14/h2-7H,14H2,1H3. The van der Waals surface area contributed by atoms with Crippen molar-refractivity contribution >= 4 is 11.9 Å². The van der Waals surface area contributed by atoms with Crippen LogP contribution in [-0.4, -0.2) is 4.98 Å². The minimum Gasteiger partial charge on any atom is -0.274 e. The molecule has 1 aromatic carbocycles.